The van der Waals surface area contributed by atoms with Gasteiger partial charge in [0.1, 0.15) is 18.1 Å². The molecule has 0 unspecified atom stereocenters. The fraction of sp³-hybridized carbons (Fsp3) is 0.136. The molecule has 0 aliphatic heterocycles. The predicted molar refractivity (Wildman–Crippen MR) is 110 cm³/mol. The van der Waals surface area contributed by atoms with Crippen LogP contribution < -0.4 is 5.32 Å². The maximum absolute atomic E-state index is 14.0. The van der Waals surface area contributed by atoms with E-state index in [9.17, 15) is 17.6 Å². The summed E-state index contributed by atoms with van der Waals surface area (Å²) in [6.45, 7) is 0.180. The first-order valence-electron chi connectivity index (χ1n) is 9.27. The SMILES string of the molecule is O=C(Cn1cc(S(=O)(=O)Cc2ccccc2F)c2ccccc21)NCc1ccco1. The second-order valence-corrected chi connectivity index (χ2v) is 8.80. The van der Waals surface area contributed by atoms with Gasteiger partial charge in [-0.2, -0.15) is 0 Å². The van der Waals surface area contributed by atoms with Gasteiger partial charge in [0.05, 0.1) is 23.5 Å². The predicted octanol–water partition coefficient (Wildman–Crippen LogP) is 3.66. The maximum Gasteiger partial charge on any atom is 0.240 e. The Kier molecular flexibility index (Phi) is 5.41. The number of hydrogen-bond donors (Lipinski definition) is 1. The molecular formula is C22H19FN2O4S. The van der Waals surface area contributed by atoms with Crippen molar-refractivity contribution >= 4 is 26.6 Å². The number of nitrogens with one attached hydrogen (secondary N) is 1. The molecule has 154 valence electrons. The van der Waals surface area contributed by atoms with E-state index in [1.165, 1.54) is 30.7 Å². The quantitative estimate of drug-likeness (QED) is 0.489. The van der Waals surface area contributed by atoms with Crippen LogP contribution in [0.4, 0.5) is 4.39 Å². The van der Waals surface area contributed by atoms with Gasteiger partial charge in [0.15, 0.2) is 9.84 Å². The summed E-state index contributed by atoms with van der Waals surface area (Å²) in [7, 11) is -3.83. The number of halogens is 1. The Balaban J connectivity index is 1.62. The molecule has 0 saturated carbocycles. The minimum Gasteiger partial charge on any atom is -0.467 e. The van der Waals surface area contributed by atoms with Gasteiger partial charge in [-0.1, -0.05) is 36.4 Å². The lowest BCUT2D eigenvalue weighted by molar-refractivity contribution is -0.121. The molecule has 0 aliphatic carbocycles. The molecule has 0 aliphatic rings. The number of carbonyl (C=O) groups excluding carboxylic acids is 1. The minimum atomic E-state index is -3.83. The lowest BCUT2D eigenvalue weighted by Crippen LogP contribution is -2.26. The van der Waals surface area contributed by atoms with Crippen LogP contribution in [0, 0.1) is 5.82 Å². The van der Waals surface area contributed by atoms with Crippen LogP contribution in [0.3, 0.4) is 0 Å². The molecule has 2 aromatic carbocycles. The standard InChI is InChI=1S/C22H19FN2O4S/c23-19-9-3-1-6-16(19)15-30(27,28)21-13-25(20-10-4-2-8-18(20)21)14-22(26)24-12-17-7-5-11-29-17/h1-11,13H,12,14-15H2,(H,24,26). The Morgan fingerprint density at radius 1 is 1.03 bits per heavy atom. The molecule has 30 heavy (non-hydrogen) atoms. The molecule has 0 saturated heterocycles. The van der Waals surface area contributed by atoms with E-state index in [0.717, 1.165) is 0 Å². The van der Waals surface area contributed by atoms with Crippen molar-refractivity contribution in [2.24, 2.45) is 0 Å². The highest BCUT2D eigenvalue weighted by molar-refractivity contribution is 7.90. The van der Waals surface area contributed by atoms with E-state index in [1.807, 2.05) is 0 Å². The number of aromatic nitrogens is 1. The summed E-state index contributed by atoms with van der Waals surface area (Å²) in [4.78, 5) is 12.4. The number of benzene rings is 2. The summed E-state index contributed by atoms with van der Waals surface area (Å²) < 4.78 is 46.9. The first-order valence-corrected chi connectivity index (χ1v) is 10.9. The third kappa shape index (κ3) is 4.13. The maximum atomic E-state index is 14.0. The number of amides is 1. The number of para-hydroxylation sites is 1. The van der Waals surface area contributed by atoms with Crippen LogP contribution >= 0.6 is 0 Å². The normalized spacial score (nSPS) is 11.6. The highest BCUT2D eigenvalue weighted by Crippen LogP contribution is 2.28. The van der Waals surface area contributed by atoms with Crippen LogP contribution in [-0.4, -0.2) is 18.9 Å². The van der Waals surface area contributed by atoms with Gasteiger partial charge in [-0.3, -0.25) is 4.79 Å². The van der Waals surface area contributed by atoms with Crippen LogP contribution in [0.2, 0.25) is 0 Å². The zero-order valence-electron chi connectivity index (χ0n) is 15.9. The molecule has 1 amide bonds. The smallest absolute Gasteiger partial charge is 0.240 e. The third-order valence-corrected chi connectivity index (χ3v) is 6.43. The number of rotatable bonds is 7. The summed E-state index contributed by atoms with van der Waals surface area (Å²) in [6, 6.07) is 16.2. The number of fused-ring (bicyclic) bond motifs is 1. The van der Waals surface area contributed by atoms with E-state index in [2.05, 4.69) is 5.32 Å². The zero-order chi connectivity index (χ0) is 21.1. The largest absolute Gasteiger partial charge is 0.467 e. The number of nitrogens with zero attached hydrogens (tertiary/aromatic N) is 1. The van der Waals surface area contributed by atoms with E-state index >= 15 is 0 Å². The molecule has 6 nitrogen and oxygen atoms in total. The van der Waals surface area contributed by atoms with Crippen molar-refractivity contribution in [2.75, 3.05) is 0 Å². The lowest BCUT2D eigenvalue weighted by atomic mass is 10.2. The van der Waals surface area contributed by atoms with Gasteiger partial charge < -0.3 is 14.3 Å². The summed E-state index contributed by atoms with van der Waals surface area (Å²) in [5, 5.41) is 3.23. The Labute approximate surface area is 172 Å². The first kappa shape index (κ1) is 19.9. The lowest BCUT2D eigenvalue weighted by Gasteiger charge is -2.06. The van der Waals surface area contributed by atoms with Gasteiger partial charge in [0.2, 0.25) is 5.91 Å². The molecule has 1 N–H and O–H groups in total. The summed E-state index contributed by atoms with van der Waals surface area (Å²) in [5.74, 6) is -0.695. The van der Waals surface area contributed by atoms with Gasteiger partial charge in [0.25, 0.3) is 0 Å². The van der Waals surface area contributed by atoms with Crippen molar-refractivity contribution in [3.05, 3.63) is 90.3 Å². The highest BCUT2D eigenvalue weighted by atomic mass is 32.2. The summed E-state index contributed by atoms with van der Waals surface area (Å²) in [6.07, 6.45) is 2.96. The molecule has 0 fully saturated rings. The number of carbonyl (C=O) groups is 1. The van der Waals surface area contributed by atoms with Crippen molar-refractivity contribution in [1.29, 1.82) is 0 Å². The number of sulfone groups is 1. The monoisotopic (exact) mass is 426 g/mol. The van der Waals surface area contributed by atoms with Crippen molar-refractivity contribution in [3.63, 3.8) is 0 Å². The molecule has 0 bridgehead atoms. The molecule has 8 heteroatoms. The molecule has 0 spiro atoms. The number of hydrogen-bond acceptors (Lipinski definition) is 4. The van der Waals surface area contributed by atoms with Gasteiger partial charge in [-0.15, -0.1) is 0 Å². The molecule has 0 radical (unpaired) electrons. The van der Waals surface area contributed by atoms with Crippen LogP contribution in [0.25, 0.3) is 10.9 Å². The second-order valence-electron chi connectivity index (χ2n) is 6.84. The molecule has 4 rings (SSSR count). The Hall–Kier alpha value is -3.39. The van der Waals surface area contributed by atoms with Gasteiger partial charge >= 0.3 is 0 Å². The molecule has 0 atom stereocenters. The Morgan fingerprint density at radius 3 is 2.57 bits per heavy atom. The Bertz CT molecular complexity index is 1290. The van der Waals surface area contributed by atoms with Crippen LogP contribution in [-0.2, 0) is 33.5 Å². The Morgan fingerprint density at radius 2 is 1.80 bits per heavy atom. The van der Waals surface area contributed by atoms with Gasteiger partial charge in [-0.25, -0.2) is 12.8 Å². The van der Waals surface area contributed by atoms with E-state index in [4.69, 9.17) is 4.42 Å². The van der Waals surface area contributed by atoms with Crippen LogP contribution in [0.5, 0.6) is 0 Å². The average molecular weight is 426 g/mol. The van der Waals surface area contributed by atoms with Gasteiger partial charge in [0, 0.05) is 22.7 Å². The van der Waals surface area contributed by atoms with Crippen molar-refractivity contribution in [3.8, 4) is 0 Å². The molecule has 2 aromatic heterocycles. The van der Waals surface area contributed by atoms with E-state index < -0.39 is 21.4 Å². The minimum absolute atomic E-state index is 0.0591. The summed E-state index contributed by atoms with van der Waals surface area (Å²) >= 11 is 0. The average Bonchev–Trinajstić information content (AvgIpc) is 3.37. The highest BCUT2D eigenvalue weighted by Gasteiger charge is 2.23. The van der Waals surface area contributed by atoms with Crippen molar-refractivity contribution in [1.82, 2.24) is 9.88 Å². The van der Waals surface area contributed by atoms with Gasteiger partial charge in [-0.05, 0) is 24.3 Å². The fourth-order valence-corrected chi connectivity index (χ4v) is 4.89. The molecular weight excluding hydrogens is 407 g/mol. The van der Waals surface area contributed by atoms with E-state index in [-0.39, 0.29) is 29.5 Å². The zero-order valence-corrected chi connectivity index (χ0v) is 16.7. The van der Waals surface area contributed by atoms with Crippen LogP contribution in [0.1, 0.15) is 11.3 Å². The van der Waals surface area contributed by atoms with Crippen molar-refractivity contribution in [2.45, 2.75) is 23.7 Å². The van der Waals surface area contributed by atoms with E-state index in [0.29, 0.717) is 16.7 Å². The molecule has 2 heterocycles. The fourth-order valence-electron chi connectivity index (χ4n) is 3.30. The van der Waals surface area contributed by atoms with Crippen LogP contribution in [0.15, 0.2) is 82.4 Å². The topological polar surface area (TPSA) is 81.3 Å². The third-order valence-electron chi connectivity index (χ3n) is 4.74. The number of furan rings is 1. The first-order chi connectivity index (χ1) is 14.4. The van der Waals surface area contributed by atoms with E-state index in [1.54, 1.807) is 47.0 Å². The molecule has 4 aromatic rings. The van der Waals surface area contributed by atoms with Crippen molar-refractivity contribution < 1.29 is 22.0 Å². The summed E-state index contributed by atoms with van der Waals surface area (Å²) in [5.41, 5.74) is 0.711. The second kappa shape index (κ2) is 8.16.